The highest BCUT2D eigenvalue weighted by Gasteiger charge is 2.04. The molecule has 0 saturated heterocycles. The number of guanidine groups is 1. The zero-order valence-electron chi connectivity index (χ0n) is 12.1. The second-order valence-corrected chi connectivity index (χ2v) is 5.08. The lowest BCUT2D eigenvalue weighted by Gasteiger charge is -2.22. The number of nitrogens with one attached hydrogen (secondary N) is 1. The van der Waals surface area contributed by atoms with Gasteiger partial charge in [0, 0.05) is 51.8 Å². The van der Waals surface area contributed by atoms with Crippen molar-refractivity contribution in [1.82, 2.24) is 14.8 Å². The molecule has 2 aromatic rings. The smallest absolute Gasteiger partial charge is 0.195 e. The summed E-state index contributed by atoms with van der Waals surface area (Å²) in [5, 5.41) is 1.30. The fraction of sp³-hybridized carbons (Fsp3) is 0.400. The van der Waals surface area contributed by atoms with Crippen LogP contribution in [0.5, 0.6) is 0 Å². The van der Waals surface area contributed by atoms with Gasteiger partial charge in [0.15, 0.2) is 5.96 Å². The first-order chi connectivity index (χ1) is 9.09. The number of hydrogen-bond acceptors (Lipinski definition) is 1. The Morgan fingerprint density at radius 3 is 2.53 bits per heavy atom. The molecule has 1 aromatic heterocycles. The summed E-state index contributed by atoms with van der Waals surface area (Å²) in [6, 6.07) is 8.51. The Hall–Kier alpha value is -1.97. The van der Waals surface area contributed by atoms with E-state index in [4.69, 9.17) is 0 Å². The Balaban J connectivity index is 2.10. The number of aromatic amines is 1. The van der Waals surface area contributed by atoms with E-state index in [1.807, 2.05) is 44.2 Å². The highest BCUT2D eigenvalue weighted by Crippen LogP contribution is 2.17. The second kappa shape index (κ2) is 5.78. The largest absolute Gasteiger partial charge is 0.361 e. The van der Waals surface area contributed by atoms with Crippen molar-refractivity contribution in [2.75, 3.05) is 34.7 Å². The molecule has 1 aromatic carbocycles. The Labute approximate surface area is 114 Å². The molecule has 1 N–H and O–H groups in total. The van der Waals surface area contributed by atoms with Crippen molar-refractivity contribution in [3.63, 3.8) is 0 Å². The molecule has 2 rings (SSSR count). The average molecular weight is 258 g/mol. The molecule has 0 aliphatic heterocycles. The fourth-order valence-electron chi connectivity index (χ4n) is 2.33. The summed E-state index contributed by atoms with van der Waals surface area (Å²) in [5.74, 6) is 1.00. The standard InChI is InChI=1S/C15H22N4/c1-18(2)15(19(3)4)17-10-8-12-6-5-7-14-13(12)9-11-16-14/h5-7,9,11,16H,8,10H2,1-4H3. The lowest BCUT2D eigenvalue weighted by Crippen LogP contribution is -2.35. The summed E-state index contributed by atoms with van der Waals surface area (Å²) in [7, 11) is 8.08. The van der Waals surface area contributed by atoms with Crippen molar-refractivity contribution >= 4 is 16.9 Å². The lowest BCUT2D eigenvalue weighted by molar-refractivity contribution is 0.479. The molecular formula is C15H22N4. The number of benzene rings is 1. The van der Waals surface area contributed by atoms with Gasteiger partial charge in [-0.05, 0) is 24.1 Å². The second-order valence-electron chi connectivity index (χ2n) is 5.08. The number of rotatable bonds is 3. The van der Waals surface area contributed by atoms with Gasteiger partial charge >= 0.3 is 0 Å². The number of aliphatic imine (C=N–C) groups is 1. The molecule has 0 aliphatic rings. The van der Waals surface area contributed by atoms with Gasteiger partial charge in [-0.1, -0.05) is 12.1 Å². The highest BCUT2D eigenvalue weighted by molar-refractivity contribution is 5.83. The number of H-pyrrole nitrogens is 1. The number of hydrogen-bond donors (Lipinski definition) is 1. The molecule has 0 radical (unpaired) electrons. The van der Waals surface area contributed by atoms with Gasteiger partial charge < -0.3 is 14.8 Å². The summed E-state index contributed by atoms with van der Waals surface area (Å²) in [5.41, 5.74) is 2.54. The minimum Gasteiger partial charge on any atom is -0.361 e. The van der Waals surface area contributed by atoms with Crippen molar-refractivity contribution in [1.29, 1.82) is 0 Å². The predicted octanol–water partition coefficient (Wildman–Crippen LogP) is 2.19. The van der Waals surface area contributed by atoms with Gasteiger partial charge in [0.25, 0.3) is 0 Å². The average Bonchev–Trinajstić information content (AvgIpc) is 2.82. The molecule has 0 amide bonds. The molecule has 0 saturated carbocycles. The van der Waals surface area contributed by atoms with E-state index in [0.717, 1.165) is 18.9 Å². The van der Waals surface area contributed by atoms with E-state index >= 15 is 0 Å². The van der Waals surface area contributed by atoms with Crippen molar-refractivity contribution in [2.45, 2.75) is 6.42 Å². The maximum absolute atomic E-state index is 4.67. The van der Waals surface area contributed by atoms with E-state index in [1.54, 1.807) is 0 Å². The van der Waals surface area contributed by atoms with Crippen LogP contribution in [0.1, 0.15) is 5.56 Å². The van der Waals surface area contributed by atoms with Crippen LogP contribution in [0, 0.1) is 0 Å². The maximum Gasteiger partial charge on any atom is 0.195 e. The Bertz CT molecular complexity index is 556. The predicted molar refractivity (Wildman–Crippen MR) is 81.7 cm³/mol. The van der Waals surface area contributed by atoms with Gasteiger partial charge in [0.05, 0.1) is 0 Å². The first kappa shape index (κ1) is 13.5. The zero-order chi connectivity index (χ0) is 13.8. The molecule has 0 unspecified atom stereocenters. The number of fused-ring (bicyclic) bond motifs is 1. The molecule has 4 nitrogen and oxygen atoms in total. The van der Waals surface area contributed by atoms with Gasteiger partial charge in [0.2, 0.25) is 0 Å². The number of aromatic nitrogens is 1. The summed E-state index contributed by atoms with van der Waals surface area (Å²) >= 11 is 0. The third-order valence-electron chi connectivity index (χ3n) is 3.12. The van der Waals surface area contributed by atoms with Crippen LogP contribution in [0.4, 0.5) is 0 Å². The van der Waals surface area contributed by atoms with Crippen LogP contribution >= 0.6 is 0 Å². The highest BCUT2D eigenvalue weighted by atomic mass is 15.3. The van der Waals surface area contributed by atoms with Crippen LogP contribution in [0.3, 0.4) is 0 Å². The van der Waals surface area contributed by atoms with E-state index in [-0.39, 0.29) is 0 Å². The Morgan fingerprint density at radius 2 is 1.84 bits per heavy atom. The topological polar surface area (TPSA) is 34.6 Å². The third kappa shape index (κ3) is 3.08. The molecule has 102 valence electrons. The maximum atomic E-state index is 4.67. The fourth-order valence-corrected chi connectivity index (χ4v) is 2.33. The Kier molecular flexibility index (Phi) is 4.10. The normalized spacial score (nSPS) is 10.5. The SMILES string of the molecule is CN(C)C(=NCCc1cccc2[nH]ccc12)N(C)C. The molecule has 0 bridgehead atoms. The summed E-state index contributed by atoms with van der Waals surface area (Å²) in [6.07, 6.45) is 2.95. The molecule has 1 heterocycles. The summed E-state index contributed by atoms with van der Waals surface area (Å²) in [4.78, 5) is 12.0. The zero-order valence-corrected chi connectivity index (χ0v) is 12.1. The van der Waals surface area contributed by atoms with Gasteiger partial charge in [-0.15, -0.1) is 0 Å². The molecule has 4 heteroatoms. The first-order valence-corrected chi connectivity index (χ1v) is 6.53. The van der Waals surface area contributed by atoms with E-state index in [1.165, 1.54) is 16.5 Å². The molecule has 0 atom stereocenters. The monoisotopic (exact) mass is 258 g/mol. The van der Waals surface area contributed by atoms with Crippen molar-refractivity contribution in [3.05, 3.63) is 36.0 Å². The quantitative estimate of drug-likeness (QED) is 0.676. The van der Waals surface area contributed by atoms with E-state index in [9.17, 15) is 0 Å². The molecule has 0 spiro atoms. The van der Waals surface area contributed by atoms with Crippen molar-refractivity contribution < 1.29 is 0 Å². The van der Waals surface area contributed by atoms with Crippen LogP contribution in [0.25, 0.3) is 10.9 Å². The summed E-state index contributed by atoms with van der Waals surface area (Å²) in [6.45, 7) is 0.802. The lowest BCUT2D eigenvalue weighted by atomic mass is 10.1. The van der Waals surface area contributed by atoms with Crippen LogP contribution < -0.4 is 0 Å². The van der Waals surface area contributed by atoms with Gasteiger partial charge in [-0.3, -0.25) is 4.99 Å². The minimum atomic E-state index is 0.802. The molecule has 0 fully saturated rings. The van der Waals surface area contributed by atoms with Crippen LogP contribution in [-0.4, -0.2) is 55.5 Å². The van der Waals surface area contributed by atoms with Gasteiger partial charge in [-0.2, -0.15) is 0 Å². The molecule has 0 aliphatic carbocycles. The van der Waals surface area contributed by atoms with E-state index < -0.39 is 0 Å². The van der Waals surface area contributed by atoms with E-state index in [2.05, 4.69) is 34.2 Å². The van der Waals surface area contributed by atoms with Crippen LogP contribution in [0.15, 0.2) is 35.5 Å². The first-order valence-electron chi connectivity index (χ1n) is 6.53. The minimum absolute atomic E-state index is 0.802. The number of nitrogens with zero attached hydrogens (tertiary/aromatic N) is 3. The molecular weight excluding hydrogens is 236 g/mol. The van der Waals surface area contributed by atoms with Crippen molar-refractivity contribution in [3.8, 4) is 0 Å². The third-order valence-corrected chi connectivity index (χ3v) is 3.12. The van der Waals surface area contributed by atoms with Crippen LogP contribution in [0.2, 0.25) is 0 Å². The Morgan fingerprint density at radius 1 is 1.11 bits per heavy atom. The summed E-state index contributed by atoms with van der Waals surface area (Å²) < 4.78 is 0. The van der Waals surface area contributed by atoms with Gasteiger partial charge in [0.1, 0.15) is 0 Å². The van der Waals surface area contributed by atoms with Crippen LogP contribution in [-0.2, 0) is 6.42 Å². The van der Waals surface area contributed by atoms with E-state index in [0.29, 0.717) is 0 Å². The molecule has 19 heavy (non-hydrogen) atoms. The van der Waals surface area contributed by atoms with Crippen molar-refractivity contribution in [2.24, 2.45) is 4.99 Å². The van der Waals surface area contributed by atoms with Gasteiger partial charge in [-0.25, -0.2) is 0 Å².